The molecule has 0 spiro atoms. The Hall–Kier alpha value is -1.71. The number of hydrogen-bond donors (Lipinski definition) is 1. The van der Waals surface area contributed by atoms with Gasteiger partial charge in [-0.3, -0.25) is 0 Å². The van der Waals surface area contributed by atoms with Gasteiger partial charge in [-0.2, -0.15) is 0 Å². The minimum atomic E-state index is -0.406. The molecule has 2 N–H and O–H groups in total. The van der Waals surface area contributed by atoms with Crippen LogP contribution in [0.2, 0.25) is 0 Å². The van der Waals surface area contributed by atoms with Gasteiger partial charge in [0.1, 0.15) is 5.75 Å². The molecule has 1 aromatic rings. The van der Waals surface area contributed by atoms with Crippen LogP contribution >= 0.6 is 0 Å². The predicted octanol–water partition coefficient (Wildman–Crippen LogP) is 2.23. The molecule has 0 aliphatic rings. The minimum Gasteiger partial charge on any atom is -0.491 e. The highest BCUT2D eigenvalue weighted by Crippen LogP contribution is 2.21. The van der Waals surface area contributed by atoms with Crippen molar-refractivity contribution in [1.29, 1.82) is 0 Å². The Kier molecular flexibility index (Phi) is 4.17. The average Bonchev–Trinajstić information content (AvgIpc) is 2.16. The molecular formula is C12H17NO3. The standard InChI is InChI=1S/C12H17NO3/c1-4-15-12(14)10-6-5-9(7-11(10)13)16-8(2)3/h5-8H,4,13H2,1-3H3. The maximum atomic E-state index is 11.5. The number of benzene rings is 1. The summed E-state index contributed by atoms with van der Waals surface area (Å²) in [6, 6.07) is 4.96. The van der Waals surface area contributed by atoms with Crippen molar-refractivity contribution in [2.75, 3.05) is 12.3 Å². The molecule has 0 saturated heterocycles. The number of hydrogen-bond acceptors (Lipinski definition) is 4. The molecule has 0 bridgehead atoms. The van der Waals surface area contributed by atoms with Crippen LogP contribution in [0.5, 0.6) is 5.75 Å². The van der Waals surface area contributed by atoms with Crippen molar-refractivity contribution < 1.29 is 14.3 Å². The lowest BCUT2D eigenvalue weighted by Gasteiger charge is -2.11. The Morgan fingerprint density at radius 3 is 2.62 bits per heavy atom. The lowest BCUT2D eigenvalue weighted by Crippen LogP contribution is -2.09. The van der Waals surface area contributed by atoms with Crippen molar-refractivity contribution in [1.82, 2.24) is 0 Å². The second-order valence-corrected chi connectivity index (χ2v) is 3.64. The number of anilines is 1. The van der Waals surface area contributed by atoms with Crippen LogP contribution in [0.25, 0.3) is 0 Å². The number of nitrogen functional groups attached to an aromatic ring is 1. The quantitative estimate of drug-likeness (QED) is 0.628. The molecule has 88 valence electrons. The van der Waals surface area contributed by atoms with Gasteiger partial charge in [0, 0.05) is 11.8 Å². The zero-order valence-electron chi connectivity index (χ0n) is 9.82. The van der Waals surface area contributed by atoms with Gasteiger partial charge in [-0.15, -0.1) is 0 Å². The molecular weight excluding hydrogens is 206 g/mol. The molecule has 16 heavy (non-hydrogen) atoms. The van der Waals surface area contributed by atoms with Crippen LogP contribution in [0.4, 0.5) is 5.69 Å². The normalized spacial score (nSPS) is 10.2. The van der Waals surface area contributed by atoms with E-state index in [1.165, 1.54) is 0 Å². The smallest absolute Gasteiger partial charge is 0.340 e. The van der Waals surface area contributed by atoms with E-state index >= 15 is 0 Å². The fraction of sp³-hybridized carbons (Fsp3) is 0.417. The van der Waals surface area contributed by atoms with Crippen LogP contribution in [-0.4, -0.2) is 18.7 Å². The van der Waals surface area contributed by atoms with E-state index in [1.807, 2.05) is 13.8 Å². The van der Waals surface area contributed by atoms with Gasteiger partial charge in [0.05, 0.1) is 18.3 Å². The highest BCUT2D eigenvalue weighted by Gasteiger charge is 2.11. The number of carbonyl (C=O) groups excluding carboxylic acids is 1. The first-order valence-corrected chi connectivity index (χ1v) is 5.28. The molecule has 0 fully saturated rings. The molecule has 0 atom stereocenters. The zero-order chi connectivity index (χ0) is 12.1. The Morgan fingerprint density at radius 1 is 1.44 bits per heavy atom. The Morgan fingerprint density at radius 2 is 2.12 bits per heavy atom. The number of carbonyl (C=O) groups is 1. The lowest BCUT2D eigenvalue weighted by molar-refractivity contribution is 0.0527. The van der Waals surface area contributed by atoms with E-state index in [4.69, 9.17) is 15.2 Å². The molecule has 0 heterocycles. The molecule has 0 radical (unpaired) electrons. The third-order valence-corrected chi connectivity index (χ3v) is 1.89. The third-order valence-electron chi connectivity index (χ3n) is 1.89. The van der Waals surface area contributed by atoms with Crippen molar-refractivity contribution in [2.45, 2.75) is 26.9 Å². The number of nitrogens with two attached hydrogens (primary N) is 1. The highest BCUT2D eigenvalue weighted by molar-refractivity contribution is 5.95. The number of ether oxygens (including phenoxy) is 2. The van der Waals surface area contributed by atoms with Gasteiger partial charge in [0.25, 0.3) is 0 Å². The Bertz CT molecular complexity index is 375. The van der Waals surface area contributed by atoms with Crippen molar-refractivity contribution in [3.63, 3.8) is 0 Å². The molecule has 0 aromatic heterocycles. The third kappa shape index (κ3) is 3.15. The van der Waals surface area contributed by atoms with Gasteiger partial charge >= 0.3 is 5.97 Å². The van der Waals surface area contributed by atoms with E-state index in [-0.39, 0.29) is 6.10 Å². The number of esters is 1. The molecule has 4 heteroatoms. The summed E-state index contributed by atoms with van der Waals surface area (Å²) in [5, 5.41) is 0. The lowest BCUT2D eigenvalue weighted by atomic mass is 10.2. The monoisotopic (exact) mass is 223 g/mol. The van der Waals surface area contributed by atoms with Crippen molar-refractivity contribution in [2.24, 2.45) is 0 Å². The molecule has 0 unspecified atom stereocenters. The fourth-order valence-electron chi connectivity index (χ4n) is 1.28. The Labute approximate surface area is 95.3 Å². The minimum absolute atomic E-state index is 0.0767. The van der Waals surface area contributed by atoms with E-state index in [0.717, 1.165) is 0 Å². The largest absolute Gasteiger partial charge is 0.491 e. The topological polar surface area (TPSA) is 61.5 Å². The van der Waals surface area contributed by atoms with Crippen molar-refractivity contribution >= 4 is 11.7 Å². The van der Waals surface area contributed by atoms with Crippen LogP contribution in [0, 0.1) is 0 Å². The van der Waals surface area contributed by atoms with E-state index in [2.05, 4.69) is 0 Å². The zero-order valence-corrected chi connectivity index (χ0v) is 9.82. The molecule has 0 amide bonds. The molecule has 0 saturated carbocycles. The van der Waals surface area contributed by atoms with E-state index in [0.29, 0.717) is 23.6 Å². The first kappa shape index (κ1) is 12.4. The van der Waals surface area contributed by atoms with Crippen LogP contribution < -0.4 is 10.5 Å². The fourth-order valence-corrected chi connectivity index (χ4v) is 1.28. The second-order valence-electron chi connectivity index (χ2n) is 3.64. The summed E-state index contributed by atoms with van der Waals surface area (Å²) in [7, 11) is 0. The first-order chi connectivity index (χ1) is 7.54. The summed E-state index contributed by atoms with van der Waals surface area (Å²) >= 11 is 0. The SMILES string of the molecule is CCOC(=O)c1ccc(OC(C)C)cc1N. The van der Waals surface area contributed by atoms with Crippen LogP contribution in [0.1, 0.15) is 31.1 Å². The molecule has 1 rings (SSSR count). The van der Waals surface area contributed by atoms with Crippen LogP contribution in [-0.2, 0) is 4.74 Å². The Balaban J connectivity index is 2.87. The summed E-state index contributed by atoms with van der Waals surface area (Å²) < 4.78 is 10.3. The maximum Gasteiger partial charge on any atom is 0.340 e. The average molecular weight is 223 g/mol. The van der Waals surface area contributed by atoms with Crippen molar-refractivity contribution in [3.8, 4) is 5.75 Å². The van der Waals surface area contributed by atoms with Crippen LogP contribution in [0.15, 0.2) is 18.2 Å². The second kappa shape index (κ2) is 5.39. The van der Waals surface area contributed by atoms with Gasteiger partial charge in [0.2, 0.25) is 0 Å². The molecule has 0 aliphatic carbocycles. The summed E-state index contributed by atoms with van der Waals surface area (Å²) in [4.78, 5) is 11.5. The van der Waals surface area contributed by atoms with Gasteiger partial charge in [-0.25, -0.2) is 4.79 Å². The van der Waals surface area contributed by atoms with E-state index in [9.17, 15) is 4.79 Å². The summed E-state index contributed by atoms with van der Waals surface area (Å²) in [6.07, 6.45) is 0.0767. The van der Waals surface area contributed by atoms with Gasteiger partial charge < -0.3 is 15.2 Å². The van der Waals surface area contributed by atoms with Gasteiger partial charge in [-0.05, 0) is 32.9 Å². The molecule has 1 aromatic carbocycles. The van der Waals surface area contributed by atoms with Crippen LogP contribution in [0.3, 0.4) is 0 Å². The van der Waals surface area contributed by atoms with Crippen molar-refractivity contribution in [3.05, 3.63) is 23.8 Å². The highest BCUT2D eigenvalue weighted by atomic mass is 16.5. The van der Waals surface area contributed by atoms with E-state index in [1.54, 1.807) is 25.1 Å². The predicted molar refractivity (Wildman–Crippen MR) is 62.6 cm³/mol. The van der Waals surface area contributed by atoms with Gasteiger partial charge in [0.15, 0.2) is 0 Å². The first-order valence-electron chi connectivity index (χ1n) is 5.28. The van der Waals surface area contributed by atoms with Gasteiger partial charge in [-0.1, -0.05) is 0 Å². The molecule has 4 nitrogen and oxygen atoms in total. The maximum absolute atomic E-state index is 11.5. The molecule has 0 aliphatic heterocycles. The number of rotatable bonds is 4. The summed E-state index contributed by atoms with van der Waals surface area (Å²) in [5.41, 5.74) is 6.49. The van der Waals surface area contributed by atoms with E-state index < -0.39 is 5.97 Å². The summed E-state index contributed by atoms with van der Waals surface area (Å²) in [5.74, 6) is 0.247. The summed E-state index contributed by atoms with van der Waals surface area (Å²) in [6.45, 7) is 5.94.